The average Bonchev–Trinajstić information content (AvgIpc) is 2.69. The van der Waals surface area contributed by atoms with Gasteiger partial charge < -0.3 is 14.2 Å². The number of esters is 1. The van der Waals surface area contributed by atoms with Crippen LogP contribution in [-0.4, -0.2) is 31.7 Å². The molecule has 6 heteroatoms. The van der Waals surface area contributed by atoms with Gasteiger partial charge in [-0.2, -0.15) is 0 Å². The predicted molar refractivity (Wildman–Crippen MR) is 101 cm³/mol. The molecular formula is C21H21NO5. The molecule has 3 rings (SSSR count). The standard InChI is InChI=1S/C21H21NO5/c1-4-13-26-18-8-6-5-7-17(18)19-20(27-14(2)23)21(24)22(19)15-9-11-16(25-3)12-10-15/h4-12,19-20H,1,13H2,2-3H3/t19-,20+/m0/s1. The van der Waals surface area contributed by atoms with Crippen LogP contribution in [0.1, 0.15) is 18.5 Å². The van der Waals surface area contributed by atoms with E-state index in [1.807, 2.05) is 24.3 Å². The normalized spacial score (nSPS) is 18.4. The monoisotopic (exact) mass is 367 g/mol. The average molecular weight is 367 g/mol. The van der Waals surface area contributed by atoms with Gasteiger partial charge in [0.1, 0.15) is 24.1 Å². The van der Waals surface area contributed by atoms with E-state index in [4.69, 9.17) is 14.2 Å². The number of anilines is 1. The van der Waals surface area contributed by atoms with Crippen molar-refractivity contribution in [1.82, 2.24) is 0 Å². The number of nitrogens with zero attached hydrogens (tertiary/aromatic N) is 1. The summed E-state index contributed by atoms with van der Waals surface area (Å²) in [5, 5.41) is 0. The van der Waals surface area contributed by atoms with E-state index in [1.165, 1.54) is 6.92 Å². The molecule has 0 aliphatic carbocycles. The maximum Gasteiger partial charge on any atom is 0.303 e. The van der Waals surface area contributed by atoms with E-state index in [0.717, 1.165) is 5.56 Å². The van der Waals surface area contributed by atoms with Gasteiger partial charge in [0.15, 0.2) is 0 Å². The predicted octanol–water partition coefficient (Wildman–Crippen LogP) is 3.28. The Morgan fingerprint density at radius 2 is 1.89 bits per heavy atom. The number of β-lactam (4-membered cyclic amide) rings is 1. The molecule has 1 amide bonds. The van der Waals surface area contributed by atoms with E-state index in [9.17, 15) is 9.59 Å². The highest BCUT2D eigenvalue weighted by Gasteiger charge is 2.52. The number of carbonyl (C=O) groups excluding carboxylic acids is 2. The molecule has 1 aliphatic heterocycles. The largest absolute Gasteiger partial charge is 0.497 e. The van der Waals surface area contributed by atoms with Crippen LogP contribution in [-0.2, 0) is 14.3 Å². The van der Waals surface area contributed by atoms with Crippen molar-refractivity contribution in [1.29, 1.82) is 0 Å². The number of benzene rings is 2. The molecule has 0 radical (unpaired) electrons. The van der Waals surface area contributed by atoms with Crippen LogP contribution in [0.4, 0.5) is 5.69 Å². The highest BCUT2D eigenvalue weighted by atomic mass is 16.6. The van der Waals surface area contributed by atoms with E-state index >= 15 is 0 Å². The number of hydrogen-bond acceptors (Lipinski definition) is 5. The second kappa shape index (κ2) is 7.95. The van der Waals surface area contributed by atoms with E-state index in [1.54, 1.807) is 42.4 Å². The minimum absolute atomic E-state index is 0.279. The van der Waals surface area contributed by atoms with Gasteiger partial charge in [0.05, 0.1) is 7.11 Å². The SMILES string of the molecule is C=CCOc1ccccc1[C@H]1[C@@H](OC(C)=O)C(=O)N1c1ccc(OC)cc1. The zero-order chi connectivity index (χ0) is 19.4. The first-order chi connectivity index (χ1) is 13.1. The number of amides is 1. The molecule has 1 fully saturated rings. The zero-order valence-corrected chi connectivity index (χ0v) is 15.3. The molecule has 0 bridgehead atoms. The maximum atomic E-state index is 12.7. The summed E-state index contributed by atoms with van der Waals surface area (Å²) in [6.45, 7) is 5.28. The number of methoxy groups -OCH3 is 1. The second-order valence-corrected chi connectivity index (χ2v) is 6.02. The first kappa shape index (κ1) is 18.5. The Kier molecular flexibility index (Phi) is 5.45. The second-order valence-electron chi connectivity index (χ2n) is 6.02. The molecule has 0 aromatic heterocycles. The molecule has 2 aromatic rings. The van der Waals surface area contributed by atoms with Gasteiger partial charge in [-0.05, 0) is 30.3 Å². The van der Waals surface area contributed by atoms with Crippen LogP contribution >= 0.6 is 0 Å². The molecule has 2 aromatic carbocycles. The van der Waals surface area contributed by atoms with Crippen molar-refractivity contribution in [2.75, 3.05) is 18.6 Å². The number of rotatable bonds is 7. The molecule has 1 heterocycles. The minimum Gasteiger partial charge on any atom is -0.497 e. The Bertz CT molecular complexity index is 846. The highest BCUT2D eigenvalue weighted by molar-refractivity contribution is 6.06. The molecule has 27 heavy (non-hydrogen) atoms. The lowest BCUT2D eigenvalue weighted by Gasteiger charge is -2.46. The lowest BCUT2D eigenvalue weighted by Crippen LogP contribution is -2.60. The summed E-state index contributed by atoms with van der Waals surface area (Å²) >= 11 is 0. The topological polar surface area (TPSA) is 65.1 Å². The maximum absolute atomic E-state index is 12.7. The molecule has 0 unspecified atom stereocenters. The molecule has 1 saturated heterocycles. The van der Waals surface area contributed by atoms with Crippen LogP contribution in [0.25, 0.3) is 0 Å². The number of hydrogen-bond donors (Lipinski definition) is 0. The van der Waals surface area contributed by atoms with E-state index in [2.05, 4.69) is 6.58 Å². The van der Waals surface area contributed by atoms with Crippen molar-refractivity contribution in [3.8, 4) is 11.5 Å². The Hall–Kier alpha value is -3.28. The van der Waals surface area contributed by atoms with Crippen molar-refractivity contribution in [3.05, 3.63) is 66.7 Å². The van der Waals surface area contributed by atoms with Crippen LogP contribution in [0.5, 0.6) is 11.5 Å². The number of para-hydroxylation sites is 1. The van der Waals surface area contributed by atoms with Gasteiger partial charge in [0.2, 0.25) is 6.10 Å². The summed E-state index contributed by atoms with van der Waals surface area (Å²) in [4.78, 5) is 25.8. The fourth-order valence-corrected chi connectivity index (χ4v) is 3.09. The fourth-order valence-electron chi connectivity index (χ4n) is 3.09. The Labute approximate surface area is 158 Å². The summed E-state index contributed by atoms with van der Waals surface area (Å²) in [5.74, 6) is 0.524. The molecule has 0 N–H and O–H groups in total. The van der Waals surface area contributed by atoms with Gasteiger partial charge in [0, 0.05) is 18.2 Å². The molecule has 6 nitrogen and oxygen atoms in total. The summed E-state index contributed by atoms with van der Waals surface area (Å²) in [6, 6.07) is 14.0. The van der Waals surface area contributed by atoms with Crippen LogP contribution in [0.3, 0.4) is 0 Å². The molecule has 140 valence electrons. The van der Waals surface area contributed by atoms with Gasteiger partial charge in [-0.3, -0.25) is 14.5 Å². The van der Waals surface area contributed by atoms with Crippen LogP contribution < -0.4 is 14.4 Å². The summed E-state index contributed by atoms with van der Waals surface area (Å²) in [7, 11) is 1.58. The fraction of sp³-hybridized carbons (Fsp3) is 0.238. The summed E-state index contributed by atoms with van der Waals surface area (Å²) in [5.41, 5.74) is 1.45. The molecule has 0 spiro atoms. The molecule has 2 atom stereocenters. The van der Waals surface area contributed by atoms with Gasteiger partial charge >= 0.3 is 5.97 Å². The first-order valence-corrected chi connectivity index (χ1v) is 8.53. The third-order valence-electron chi connectivity index (χ3n) is 4.28. The van der Waals surface area contributed by atoms with Crippen molar-refractivity contribution in [2.45, 2.75) is 19.1 Å². The lowest BCUT2D eigenvalue weighted by molar-refractivity contribution is -0.160. The van der Waals surface area contributed by atoms with E-state index < -0.39 is 18.1 Å². The molecule has 1 aliphatic rings. The lowest BCUT2D eigenvalue weighted by atomic mass is 9.89. The summed E-state index contributed by atoms with van der Waals surface area (Å²) in [6.07, 6.45) is 0.756. The molecular weight excluding hydrogens is 346 g/mol. The quantitative estimate of drug-likeness (QED) is 0.427. The van der Waals surface area contributed by atoms with Gasteiger partial charge in [-0.1, -0.05) is 30.9 Å². The van der Waals surface area contributed by atoms with Gasteiger partial charge in [0.25, 0.3) is 5.91 Å². The van der Waals surface area contributed by atoms with Gasteiger partial charge in [-0.25, -0.2) is 0 Å². The number of ether oxygens (including phenoxy) is 3. The van der Waals surface area contributed by atoms with Gasteiger partial charge in [-0.15, -0.1) is 0 Å². The van der Waals surface area contributed by atoms with Crippen molar-refractivity contribution < 1.29 is 23.8 Å². The van der Waals surface area contributed by atoms with E-state index in [-0.39, 0.29) is 5.91 Å². The first-order valence-electron chi connectivity index (χ1n) is 8.53. The third-order valence-corrected chi connectivity index (χ3v) is 4.28. The highest BCUT2D eigenvalue weighted by Crippen LogP contribution is 2.44. The van der Waals surface area contributed by atoms with E-state index in [0.29, 0.717) is 23.8 Å². The van der Waals surface area contributed by atoms with Crippen LogP contribution in [0, 0.1) is 0 Å². The Balaban J connectivity index is 1.99. The third kappa shape index (κ3) is 3.65. The summed E-state index contributed by atoms with van der Waals surface area (Å²) < 4.78 is 16.2. The smallest absolute Gasteiger partial charge is 0.303 e. The number of carbonyl (C=O) groups is 2. The van der Waals surface area contributed by atoms with Crippen molar-refractivity contribution in [3.63, 3.8) is 0 Å². The Morgan fingerprint density at radius 1 is 1.19 bits per heavy atom. The Morgan fingerprint density at radius 3 is 2.52 bits per heavy atom. The van der Waals surface area contributed by atoms with Crippen LogP contribution in [0.2, 0.25) is 0 Å². The molecule has 0 saturated carbocycles. The minimum atomic E-state index is -0.891. The van der Waals surface area contributed by atoms with Crippen LogP contribution in [0.15, 0.2) is 61.2 Å². The zero-order valence-electron chi connectivity index (χ0n) is 15.3. The van der Waals surface area contributed by atoms with Crippen molar-refractivity contribution >= 4 is 17.6 Å². The van der Waals surface area contributed by atoms with Crippen molar-refractivity contribution in [2.24, 2.45) is 0 Å².